The van der Waals surface area contributed by atoms with Crippen LogP contribution in [0.15, 0.2) is 0 Å². The molecule has 0 rings (SSSR count). The van der Waals surface area contributed by atoms with Crippen LogP contribution in [0.1, 0.15) is 0 Å². The molecule has 1 atom stereocenters. The molecule has 6 heteroatoms. The second-order valence-corrected chi connectivity index (χ2v) is 2.37. The highest BCUT2D eigenvalue weighted by molar-refractivity contribution is 6.23. The van der Waals surface area contributed by atoms with Gasteiger partial charge in [-0.3, -0.25) is 0 Å². The Morgan fingerprint density at radius 3 is 1.80 bits per heavy atom. The zero-order chi connectivity index (χ0) is 8.36. The first-order chi connectivity index (χ1) is 4.41. The lowest BCUT2D eigenvalue weighted by atomic mass is 10.3. The summed E-state index contributed by atoms with van der Waals surface area (Å²) in [6.07, 6.45) is -3.25. The molecule has 0 aromatic carbocycles. The predicted octanol–water partition coefficient (Wildman–Crippen LogP) is 2.73. The van der Waals surface area contributed by atoms with Crippen LogP contribution in [0, 0.1) is 0 Å². The van der Waals surface area contributed by atoms with Crippen molar-refractivity contribution in [3.05, 3.63) is 0 Å². The van der Waals surface area contributed by atoms with Gasteiger partial charge in [0.1, 0.15) is 0 Å². The molecule has 0 aliphatic heterocycles. The van der Waals surface area contributed by atoms with E-state index in [9.17, 15) is 17.6 Å². The molecule has 1 unspecified atom stereocenters. The maximum atomic E-state index is 12.1. The smallest absolute Gasteiger partial charge is 0.209 e. The van der Waals surface area contributed by atoms with Crippen molar-refractivity contribution < 1.29 is 17.6 Å². The minimum Gasteiger partial charge on any atom is -0.209 e. The van der Waals surface area contributed by atoms with Crippen molar-refractivity contribution in [1.29, 1.82) is 0 Å². The zero-order valence-electron chi connectivity index (χ0n) is 4.63. The van der Waals surface area contributed by atoms with E-state index in [2.05, 4.69) is 23.2 Å². The third kappa shape index (κ3) is 2.50. The molecule has 62 valence electrons. The minimum absolute atomic E-state index is 1.19. The molecule has 0 aromatic rings. The fourth-order valence-electron chi connectivity index (χ4n) is 0.258. The van der Waals surface area contributed by atoms with E-state index in [-0.39, 0.29) is 0 Å². The summed E-state index contributed by atoms with van der Waals surface area (Å²) in [5.41, 5.74) is 0. The van der Waals surface area contributed by atoms with E-state index in [4.69, 9.17) is 0 Å². The highest BCUT2D eigenvalue weighted by atomic mass is 35.5. The number of rotatable bonds is 3. The van der Waals surface area contributed by atoms with Gasteiger partial charge >= 0.3 is 0 Å². The van der Waals surface area contributed by atoms with Crippen LogP contribution in [0.4, 0.5) is 17.6 Å². The van der Waals surface area contributed by atoms with Gasteiger partial charge in [-0.15, -0.1) is 23.2 Å². The molecule has 0 radical (unpaired) electrons. The third-order valence-electron chi connectivity index (χ3n) is 0.803. The molecule has 10 heavy (non-hydrogen) atoms. The average molecular weight is 199 g/mol. The van der Waals surface area contributed by atoms with Gasteiger partial charge in [0.25, 0.3) is 12.3 Å². The van der Waals surface area contributed by atoms with Crippen molar-refractivity contribution in [2.75, 3.05) is 5.88 Å². The zero-order valence-corrected chi connectivity index (χ0v) is 6.14. The number of alkyl halides is 6. The van der Waals surface area contributed by atoms with Gasteiger partial charge in [0.15, 0.2) is 5.38 Å². The SMILES string of the molecule is FC(F)C(Cl)C(F)(F)CCl. The summed E-state index contributed by atoms with van der Waals surface area (Å²) >= 11 is 9.29. The first kappa shape index (κ1) is 10.3. The molecular weight excluding hydrogens is 195 g/mol. The van der Waals surface area contributed by atoms with Crippen LogP contribution in [0.3, 0.4) is 0 Å². The quantitative estimate of drug-likeness (QED) is 0.484. The molecule has 0 heterocycles. The lowest BCUT2D eigenvalue weighted by molar-refractivity contribution is -0.0296. The molecule has 0 spiro atoms. The first-order valence-electron chi connectivity index (χ1n) is 2.28. The van der Waals surface area contributed by atoms with Crippen molar-refractivity contribution in [2.45, 2.75) is 17.7 Å². The average Bonchev–Trinajstić information content (AvgIpc) is 1.86. The van der Waals surface area contributed by atoms with Crippen LogP contribution < -0.4 is 0 Å². The second kappa shape index (κ2) is 3.62. The highest BCUT2D eigenvalue weighted by Gasteiger charge is 2.43. The summed E-state index contributed by atoms with van der Waals surface area (Å²) in [6.45, 7) is 0. The van der Waals surface area contributed by atoms with E-state index in [1.165, 1.54) is 0 Å². The molecule has 0 nitrogen and oxygen atoms in total. The van der Waals surface area contributed by atoms with Crippen LogP contribution in [-0.2, 0) is 0 Å². The van der Waals surface area contributed by atoms with E-state index in [0.717, 1.165) is 0 Å². The second-order valence-electron chi connectivity index (χ2n) is 1.63. The monoisotopic (exact) mass is 198 g/mol. The van der Waals surface area contributed by atoms with Crippen LogP contribution in [0.5, 0.6) is 0 Å². The Kier molecular flexibility index (Phi) is 3.73. The van der Waals surface area contributed by atoms with Gasteiger partial charge in [-0.2, -0.15) is 0 Å². The maximum absolute atomic E-state index is 12.1. The van der Waals surface area contributed by atoms with Gasteiger partial charge in [-0.05, 0) is 0 Å². The van der Waals surface area contributed by atoms with Crippen LogP contribution >= 0.6 is 23.2 Å². The summed E-state index contributed by atoms with van der Waals surface area (Å²) in [5, 5.41) is -2.50. The summed E-state index contributed by atoms with van der Waals surface area (Å²) in [6, 6.07) is 0. The Morgan fingerprint density at radius 2 is 1.70 bits per heavy atom. The van der Waals surface area contributed by atoms with Gasteiger partial charge in [-0.25, -0.2) is 17.6 Å². The van der Waals surface area contributed by atoms with E-state index >= 15 is 0 Å². The fraction of sp³-hybridized carbons (Fsp3) is 1.00. The fourth-order valence-corrected chi connectivity index (χ4v) is 0.580. The molecule has 0 bridgehead atoms. The van der Waals surface area contributed by atoms with Crippen molar-refractivity contribution in [3.8, 4) is 0 Å². The molecule has 0 saturated carbocycles. The van der Waals surface area contributed by atoms with Gasteiger partial charge < -0.3 is 0 Å². The Bertz CT molecular complexity index is 105. The van der Waals surface area contributed by atoms with Gasteiger partial charge in [0.05, 0.1) is 5.88 Å². The van der Waals surface area contributed by atoms with Crippen LogP contribution in [0.25, 0.3) is 0 Å². The van der Waals surface area contributed by atoms with Crippen LogP contribution in [-0.4, -0.2) is 23.6 Å². The standard InChI is InChI=1S/C4H4Cl2F4/c5-1-4(9,10)2(6)3(7)8/h2-3H,1H2. The first-order valence-corrected chi connectivity index (χ1v) is 3.25. The van der Waals surface area contributed by atoms with Crippen molar-refractivity contribution in [1.82, 2.24) is 0 Å². The Balaban J connectivity index is 4.03. The molecule has 0 aliphatic rings. The van der Waals surface area contributed by atoms with Gasteiger partial charge in [0.2, 0.25) is 0 Å². The summed E-state index contributed by atoms with van der Waals surface area (Å²) in [4.78, 5) is 0. The van der Waals surface area contributed by atoms with Crippen LogP contribution in [0.2, 0.25) is 0 Å². The molecule has 0 aliphatic carbocycles. The largest absolute Gasteiger partial charge is 0.283 e. The van der Waals surface area contributed by atoms with E-state index < -0.39 is 23.6 Å². The Labute approximate surface area is 65.1 Å². The summed E-state index contributed by atoms with van der Waals surface area (Å²) in [7, 11) is 0. The van der Waals surface area contributed by atoms with Crippen molar-refractivity contribution in [3.63, 3.8) is 0 Å². The van der Waals surface area contributed by atoms with E-state index in [0.29, 0.717) is 0 Å². The summed E-state index contributed by atoms with van der Waals surface area (Å²) in [5.74, 6) is -4.89. The van der Waals surface area contributed by atoms with Crippen molar-refractivity contribution >= 4 is 23.2 Å². The minimum atomic E-state index is -3.70. The van der Waals surface area contributed by atoms with E-state index in [1.54, 1.807) is 0 Å². The molecule has 0 fully saturated rings. The molecular formula is C4H4Cl2F4. The predicted molar refractivity (Wildman–Crippen MR) is 31.3 cm³/mol. The topological polar surface area (TPSA) is 0 Å². The lowest BCUT2D eigenvalue weighted by Gasteiger charge is -2.17. The number of hydrogen-bond donors (Lipinski definition) is 0. The number of hydrogen-bond acceptors (Lipinski definition) is 0. The normalized spacial score (nSPS) is 15.9. The molecule has 0 saturated heterocycles. The number of halogens is 6. The highest BCUT2D eigenvalue weighted by Crippen LogP contribution is 2.29. The van der Waals surface area contributed by atoms with Crippen molar-refractivity contribution in [2.24, 2.45) is 0 Å². The van der Waals surface area contributed by atoms with Gasteiger partial charge in [0, 0.05) is 0 Å². The van der Waals surface area contributed by atoms with Gasteiger partial charge in [-0.1, -0.05) is 0 Å². The lowest BCUT2D eigenvalue weighted by Crippen LogP contribution is -2.36. The molecule has 0 N–H and O–H groups in total. The Hall–Kier alpha value is 0.300. The third-order valence-corrected chi connectivity index (χ3v) is 1.67. The summed E-state index contributed by atoms with van der Waals surface area (Å²) < 4.78 is 47.0. The Morgan fingerprint density at radius 1 is 1.30 bits per heavy atom. The maximum Gasteiger partial charge on any atom is 0.283 e. The molecule has 0 amide bonds. The van der Waals surface area contributed by atoms with E-state index in [1.807, 2.05) is 0 Å². The molecule has 0 aromatic heterocycles.